The monoisotopic (exact) mass is 311 g/mol. The number of ether oxygens (including phenoxy) is 2. The van der Waals surface area contributed by atoms with Crippen LogP contribution in [-0.4, -0.2) is 23.6 Å². The summed E-state index contributed by atoms with van der Waals surface area (Å²) in [5, 5.41) is 0. The van der Waals surface area contributed by atoms with Crippen molar-refractivity contribution in [2.24, 2.45) is 0 Å². The van der Waals surface area contributed by atoms with Crippen LogP contribution < -0.4 is 15.2 Å². The average molecular weight is 311 g/mol. The Morgan fingerprint density at radius 3 is 2.70 bits per heavy atom. The van der Waals surface area contributed by atoms with Crippen molar-refractivity contribution in [1.82, 2.24) is 4.57 Å². The molecule has 0 bridgehead atoms. The molecule has 0 unspecified atom stereocenters. The topological polar surface area (TPSA) is 70.7 Å². The first-order valence-corrected chi connectivity index (χ1v) is 7.23. The second kappa shape index (κ2) is 5.31. The molecule has 1 aromatic heterocycles. The number of ketones is 1. The summed E-state index contributed by atoms with van der Waals surface area (Å²) in [6.45, 7) is 0.864. The summed E-state index contributed by atoms with van der Waals surface area (Å²) in [7, 11) is 0. The van der Waals surface area contributed by atoms with Gasteiger partial charge in [-0.1, -0.05) is 12.1 Å². The highest BCUT2D eigenvalue weighted by Gasteiger charge is 2.17. The van der Waals surface area contributed by atoms with E-state index in [1.807, 2.05) is 0 Å². The van der Waals surface area contributed by atoms with Gasteiger partial charge in [0.05, 0.1) is 12.1 Å². The molecule has 3 aromatic rings. The van der Waals surface area contributed by atoms with Crippen LogP contribution in [0.15, 0.2) is 51.7 Å². The molecule has 0 spiro atoms. The minimum Gasteiger partial charge on any atom is -0.486 e. The number of fused-ring (bicyclic) bond motifs is 2. The van der Waals surface area contributed by atoms with E-state index in [9.17, 15) is 9.59 Å². The van der Waals surface area contributed by atoms with Crippen molar-refractivity contribution in [3.05, 3.63) is 58.6 Å². The molecule has 0 atom stereocenters. The lowest BCUT2D eigenvalue weighted by molar-refractivity contribution is 0.0969. The van der Waals surface area contributed by atoms with Crippen LogP contribution in [0.4, 0.5) is 0 Å². The molecule has 1 aliphatic rings. The van der Waals surface area contributed by atoms with Gasteiger partial charge in [-0.25, -0.2) is 4.79 Å². The van der Waals surface area contributed by atoms with E-state index in [1.54, 1.807) is 42.5 Å². The molecule has 6 nitrogen and oxygen atoms in total. The van der Waals surface area contributed by atoms with Crippen LogP contribution in [0.2, 0.25) is 0 Å². The molecule has 116 valence electrons. The molecule has 0 saturated carbocycles. The van der Waals surface area contributed by atoms with Crippen LogP contribution in [0.1, 0.15) is 10.4 Å². The molecule has 1 aliphatic heterocycles. The number of hydrogen-bond acceptors (Lipinski definition) is 5. The Morgan fingerprint density at radius 1 is 1.04 bits per heavy atom. The Balaban J connectivity index is 1.67. The SMILES string of the molecule is O=C(Cn1c(=O)oc2ccccc21)c1ccc2c(c1)OCCO2. The zero-order valence-electron chi connectivity index (χ0n) is 12.2. The van der Waals surface area contributed by atoms with E-state index >= 15 is 0 Å². The molecule has 0 fully saturated rings. The standard InChI is InChI=1S/C17H13NO5/c19-13(11-5-6-15-16(9-11)22-8-7-21-15)10-18-12-3-1-2-4-14(12)23-17(18)20/h1-6,9H,7-8,10H2. The summed E-state index contributed by atoms with van der Waals surface area (Å²) in [5.74, 6) is 0.429. The molecule has 0 saturated heterocycles. The van der Waals surface area contributed by atoms with E-state index in [2.05, 4.69) is 0 Å². The van der Waals surface area contributed by atoms with Crippen molar-refractivity contribution in [2.75, 3.05) is 13.2 Å². The molecule has 0 aliphatic carbocycles. The predicted octanol–water partition coefficient (Wildman–Crippen LogP) is 2.25. The summed E-state index contributed by atoms with van der Waals surface area (Å²) < 4.78 is 17.4. The van der Waals surface area contributed by atoms with E-state index in [4.69, 9.17) is 13.9 Å². The molecule has 2 aromatic carbocycles. The highest BCUT2D eigenvalue weighted by molar-refractivity contribution is 5.97. The summed E-state index contributed by atoms with van der Waals surface area (Å²) in [6, 6.07) is 12.0. The van der Waals surface area contributed by atoms with Gasteiger partial charge in [-0.3, -0.25) is 9.36 Å². The van der Waals surface area contributed by atoms with Gasteiger partial charge in [0.2, 0.25) is 0 Å². The van der Waals surface area contributed by atoms with Crippen LogP contribution in [-0.2, 0) is 6.54 Å². The fourth-order valence-electron chi connectivity index (χ4n) is 2.62. The van der Waals surface area contributed by atoms with Crippen LogP contribution in [0, 0.1) is 0 Å². The third-order valence-electron chi connectivity index (χ3n) is 3.74. The van der Waals surface area contributed by atoms with Gasteiger partial charge >= 0.3 is 5.76 Å². The highest BCUT2D eigenvalue weighted by atomic mass is 16.6. The van der Waals surface area contributed by atoms with Crippen molar-refractivity contribution < 1.29 is 18.7 Å². The van der Waals surface area contributed by atoms with Gasteiger partial charge in [-0.05, 0) is 30.3 Å². The summed E-state index contributed by atoms with van der Waals surface area (Å²) in [4.78, 5) is 24.4. The van der Waals surface area contributed by atoms with Crippen molar-refractivity contribution in [2.45, 2.75) is 6.54 Å². The highest BCUT2D eigenvalue weighted by Crippen LogP contribution is 2.31. The van der Waals surface area contributed by atoms with Crippen molar-refractivity contribution in [3.8, 4) is 11.5 Å². The molecule has 4 rings (SSSR count). The largest absolute Gasteiger partial charge is 0.486 e. The molecule has 0 amide bonds. The van der Waals surface area contributed by atoms with Gasteiger partial charge in [0.1, 0.15) is 13.2 Å². The Labute approximate surface area is 130 Å². The lowest BCUT2D eigenvalue weighted by atomic mass is 10.1. The maximum atomic E-state index is 12.5. The lowest BCUT2D eigenvalue weighted by Gasteiger charge is -2.18. The summed E-state index contributed by atoms with van der Waals surface area (Å²) >= 11 is 0. The molecule has 23 heavy (non-hydrogen) atoms. The van der Waals surface area contributed by atoms with Gasteiger partial charge in [0.15, 0.2) is 22.9 Å². The van der Waals surface area contributed by atoms with Crippen LogP contribution in [0.25, 0.3) is 11.1 Å². The first-order chi connectivity index (χ1) is 11.2. The van der Waals surface area contributed by atoms with Crippen LogP contribution in [0.5, 0.6) is 11.5 Å². The van der Waals surface area contributed by atoms with Gasteiger partial charge in [-0.2, -0.15) is 0 Å². The number of para-hydroxylation sites is 2. The number of Topliss-reactive ketones (excluding diaryl/α,β-unsaturated/α-hetero) is 1. The third kappa shape index (κ3) is 2.38. The van der Waals surface area contributed by atoms with Gasteiger partial charge in [0.25, 0.3) is 0 Å². The molecule has 0 radical (unpaired) electrons. The smallest absolute Gasteiger partial charge is 0.420 e. The van der Waals surface area contributed by atoms with Gasteiger partial charge in [0, 0.05) is 5.56 Å². The summed E-state index contributed by atoms with van der Waals surface area (Å²) in [5.41, 5.74) is 1.53. The lowest BCUT2D eigenvalue weighted by Crippen LogP contribution is -2.20. The first kappa shape index (κ1) is 13.6. The van der Waals surface area contributed by atoms with E-state index in [0.29, 0.717) is 41.4 Å². The Morgan fingerprint density at radius 2 is 1.83 bits per heavy atom. The Kier molecular flexibility index (Phi) is 3.15. The molecular weight excluding hydrogens is 298 g/mol. The Bertz CT molecular complexity index is 953. The van der Waals surface area contributed by atoms with Crippen molar-refractivity contribution in [1.29, 1.82) is 0 Å². The molecule has 2 heterocycles. The van der Waals surface area contributed by atoms with E-state index in [-0.39, 0.29) is 12.3 Å². The molecular formula is C17H13NO5. The zero-order valence-corrected chi connectivity index (χ0v) is 12.2. The minimum absolute atomic E-state index is 0.0878. The number of nitrogens with zero attached hydrogens (tertiary/aromatic N) is 1. The number of oxazole rings is 1. The maximum Gasteiger partial charge on any atom is 0.420 e. The normalized spacial score (nSPS) is 13.2. The number of aromatic nitrogens is 1. The van der Waals surface area contributed by atoms with Gasteiger partial charge in [-0.15, -0.1) is 0 Å². The molecule has 0 N–H and O–H groups in total. The predicted molar refractivity (Wildman–Crippen MR) is 82.2 cm³/mol. The van der Waals surface area contributed by atoms with Crippen LogP contribution in [0.3, 0.4) is 0 Å². The van der Waals surface area contributed by atoms with E-state index in [1.165, 1.54) is 4.57 Å². The second-order valence-corrected chi connectivity index (χ2v) is 5.20. The number of carbonyl (C=O) groups is 1. The maximum absolute atomic E-state index is 12.5. The average Bonchev–Trinajstić information content (AvgIpc) is 2.90. The number of rotatable bonds is 3. The van der Waals surface area contributed by atoms with E-state index in [0.717, 1.165) is 0 Å². The number of carbonyl (C=O) groups excluding carboxylic acids is 1. The molecule has 6 heteroatoms. The first-order valence-electron chi connectivity index (χ1n) is 7.23. The number of benzene rings is 2. The third-order valence-corrected chi connectivity index (χ3v) is 3.74. The van der Waals surface area contributed by atoms with Gasteiger partial charge < -0.3 is 13.9 Å². The van der Waals surface area contributed by atoms with E-state index < -0.39 is 5.76 Å². The van der Waals surface area contributed by atoms with Crippen molar-refractivity contribution in [3.63, 3.8) is 0 Å². The second-order valence-electron chi connectivity index (χ2n) is 5.20. The van der Waals surface area contributed by atoms with Crippen LogP contribution >= 0.6 is 0 Å². The van der Waals surface area contributed by atoms with Crippen molar-refractivity contribution >= 4 is 16.9 Å². The Hall–Kier alpha value is -3.02. The number of hydrogen-bond donors (Lipinski definition) is 0. The fourth-order valence-corrected chi connectivity index (χ4v) is 2.62. The summed E-state index contributed by atoms with van der Waals surface area (Å²) in [6.07, 6.45) is 0. The fraction of sp³-hybridized carbons (Fsp3) is 0.176. The zero-order chi connectivity index (χ0) is 15.8. The minimum atomic E-state index is -0.544. The quantitative estimate of drug-likeness (QED) is 0.694.